The lowest BCUT2D eigenvalue weighted by atomic mass is 10.1. The van der Waals surface area contributed by atoms with Crippen LogP contribution in [0.25, 0.3) is 0 Å². The molecule has 0 aromatic rings. The second kappa shape index (κ2) is 3.17. The summed E-state index contributed by atoms with van der Waals surface area (Å²) in [4.78, 5) is 0. The molecule has 0 aliphatic carbocycles. The van der Waals surface area contributed by atoms with Crippen molar-refractivity contribution < 1.29 is 9.84 Å². The van der Waals surface area contributed by atoms with Gasteiger partial charge >= 0.3 is 0 Å². The van der Waals surface area contributed by atoms with Crippen LogP contribution in [-0.2, 0) is 4.74 Å². The predicted molar refractivity (Wildman–Crippen MR) is 39.8 cm³/mol. The van der Waals surface area contributed by atoms with Gasteiger partial charge in [0.25, 0.3) is 0 Å². The molecule has 0 spiro atoms. The molecule has 10 heavy (non-hydrogen) atoms. The fourth-order valence-electron chi connectivity index (χ4n) is 1.24. The van der Waals surface area contributed by atoms with Gasteiger partial charge in [-0.15, -0.1) is 6.58 Å². The average Bonchev–Trinajstić information content (AvgIpc) is 2.34. The molecule has 0 aromatic carbocycles. The third-order valence-corrected chi connectivity index (χ3v) is 1.89. The number of aliphatic hydroxyl groups excluding tert-OH is 1. The zero-order valence-electron chi connectivity index (χ0n) is 6.29. The molecule has 58 valence electrons. The van der Waals surface area contributed by atoms with Gasteiger partial charge in [-0.2, -0.15) is 0 Å². The van der Waals surface area contributed by atoms with Gasteiger partial charge in [-0.3, -0.25) is 0 Å². The Bertz CT molecular complexity index is 122. The van der Waals surface area contributed by atoms with Gasteiger partial charge in [0.1, 0.15) is 0 Å². The van der Waals surface area contributed by atoms with E-state index in [1.165, 1.54) is 6.08 Å². The smallest absolute Gasteiger partial charge is 0.0980 e. The summed E-state index contributed by atoms with van der Waals surface area (Å²) in [5.41, 5.74) is 0. The molecule has 0 radical (unpaired) electrons. The van der Waals surface area contributed by atoms with Crippen LogP contribution in [0.1, 0.15) is 19.8 Å². The van der Waals surface area contributed by atoms with Crippen molar-refractivity contribution in [3.8, 4) is 0 Å². The number of aliphatic hydroxyl groups is 1. The van der Waals surface area contributed by atoms with Gasteiger partial charge in [0.2, 0.25) is 0 Å². The highest BCUT2D eigenvalue weighted by atomic mass is 16.5. The van der Waals surface area contributed by atoms with Gasteiger partial charge in [-0.1, -0.05) is 6.08 Å². The summed E-state index contributed by atoms with van der Waals surface area (Å²) in [5.74, 6) is 0. The normalized spacial score (nSPS) is 35.8. The molecule has 0 aromatic heterocycles. The molecule has 1 aliphatic rings. The van der Waals surface area contributed by atoms with E-state index in [9.17, 15) is 5.11 Å². The molecule has 1 fully saturated rings. The van der Waals surface area contributed by atoms with Crippen LogP contribution >= 0.6 is 0 Å². The molecule has 0 saturated carbocycles. The van der Waals surface area contributed by atoms with E-state index >= 15 is 0 Å². The Balaban J connectivity index is 2.36. The molecule has 2 heteroatoms. The molecule has 2 nitrogen and oxygen atoms in total. The molecule has 1 N–H and O–H groups in total. The number of hydrogen-bond donors (Lipinski definition) is 1. The first-order chi connectivity index (χ1) is 4.74. The molecule has 1 rings (SSSR count). The first-order valence-electron chi connectivity index (χ1n) is 3.70. The summed E-state index contributed by atoms with van der Waals surface area (Å²) in [7, 11) is 0. The van der Waals surface area contributed by atoms with Gasteiger partial charge < -0.3 is 9.84 Å². The summed E-state index contributed by atoms with van der Waals surface area (Å²) in [5, 5.41) is 9.23. The fraction of sp³-hybridized carbons (Fsp3) is 0.750. The molecule has 0 bridgehead atoms. The molecule has 3 unspecified atom stereocenters. The Labute approximate surface area is 61.5 Å². The third kappa shape index (κ3) is 1.58. The lowest BCUT2D eigenvalue weighted by molar-refractivity contribution is -0.00875. The summed E-state index contributed by atoms with van der Waals surface area (Å²) in [6, 6.07) is 0. The van der Waals surface area contributed by atoms with E-state index in [1.807, 2.05) is 6.92 Å². The first kappa shape index (κ1) is 7.76. The maximum absolute atomic E-state index is 9.23. The van der Waals surface area contributed by atoms with E-state index in [1.54, 1.807) is 0 Å². The van der Waals surface area contributed by atoms with Gasteiger partial charge in [0, 0.05) is 0 Å². The monoisotopic (exact) mass is 142 g/mol. The highest BCUT2D eigenvalue weighted by Crippen LogP contribution is 2.21. The maximum Gasteiger partial charge on any atom is 0.0980 e. The van der Waals surface area contributed by atoms with Crippen molar-refractivity contribution in [3.63, 3.8) is 0 Å². The van der Waals surface area contributed by atoms with Crippen molar-refractivity contribution in [2.75, 3.05) is 0 Å². The largest absolute Gasteiger partial charge is 0.386 e. The predicted octanol–water partition coefficient (Wildman–Crippen LogP) is 1.10. The summed E-state index contributed by atoms with van der Waals surface area (Å²) >= 11 is 0. The molecular weight excluding hydrogens is 128 g/mol. The zero-order chi connectivity index (χ0) is 7.56. The quantitative estimate of drug-likeness (QED) is 0.585. The third-order valence-electron chi connectivity index (χ3n) is 1.89. The van der Waals surface area contributed by atoms with Gasteiger partial charge in [-0.25, -0.2) is 0 Å². The van der Waals surface area contributed by atoms with Crippen LogP contribution in [0.5, 0.6) is 0 Å². The molecule has 1 aliphatic heterocycles. The molecule has 3 atom stereocenters. The lowest BCUT2D eigenvalue weighted by Gasteiger charge is -2.13. The Morgan fingerprint density at radius 2 is 2.40 bits per heavy atom. The van der Waals surface area contributed by atoms with Gasteiger partial charge in [-0.05, 0) is 19.8 Å². The summed E-state index contributed by atoms with van der Waals surface area (Å²) < 4.78 is 5.39. The van der Waals surface area contributed by atoms with E-state index in [4.69, 9.17) is 4.74 Å². The minimum absolute atomic E-state index is 0.00694. The van der Waals surface area contributed by atoms with E-state index in [0.29, 0.717) is 6.10 Å². The van der Waals surface area contributed by atoms with Crippen molar-refractivity contribution in [3.05, 3.63) is 12.7 Å². The molecule has 1 saturated heterocycles. The van der Waals surface area contributed by atoms with Crippen LogP contribution in [0.4, 0.5) is 0 Å². The Morgan fingerprint density at radius 1 is 1.70 bits per heavy atom. The van der Waals surface area contributed by atoms with E-state index in [-0.39, 0.29) is 6.10 Å². The highest BCUT2D eigenvalue weighted by molar-refractivity contribution is 4.88. The first-order valence-corrected chi connectivity index (χ1v) is 3.70. The molecule has 0 amide bonds. The van der Waals surface area contributed by atoms with Crippen LogP contribution in [0.15, 0.2) is 12.7 Å². The second-order valence-corrected chi connectivity index (χ2v) is 2.79. The standard InChI is InChI=1S/C8H14O2/c1-3-7(9)8-5-4-6(2)10-8/h3,6-9H,1,4-5H2,2H3. The van der Waals surface area contributed by atoms with Crippen molar-refractivity contribution in [2.24, 2.45) is 0 Å². The Kier molecular flexibility index (Phi) is 2.46. The topological polar surface area (TPSA) is 29.5 Å². The van der Waals surface area contributed by atoms with E-state index < -0.39 is 6.10 Å². The SMILES string of the molecule is C=CC(O)C1CCC(C)O1. The molecular formula is C8H14O2. The number of ether oxygens (including phenoxy) is 1. The van der Waals surface area contributed by atoms with Crippen LogP contribution in [-0.4, -0.2) is 23.4 Å². The van der Waals surface area contributed by atoms with E-state index in [0.717, 1.165) is 12.8 Å². The maximum atomic E-state index is 9.23. The highest BCUT2D eigenvalue weighted by Gasteiger charge is 2.26. The zero-order valence-corrected chi connectivity index (χ0v) is 6.29. The second-order valence-electron chi connectivity index (χ2n) is 2.79. The van der Waals surface area contributed by atoms with Crippen LogP contribution in [0, 0.1) is 0 Å². The Hall–Kier alpha value is -0.340. The average molecular weight is 142 g/mol. The summed E-state index contributed by atoms with van der Waals surface area (Å²) in [6.45, 7) is 5.52. The van der Waals surface area contributed by atoms with Crippen molar-refractivity contribution in [2.45, 2.75) is 38.1 Å². The van der Waals surface area contributed by atoms with Crippen LogP contribution in [0.2, 0.25) is 0 Å². The Morgan fingerprint density at radius 3 is 2.80 bits per heavy atom. The minimum Gasteiger partial charge on any atom is -0.386 e. The summed E-state index contributed by atoms with van der Waals surface area (Å²) in [6.07, 6.45) is 3.35. The van der Waals surface area contributed by atoms with Gasteiger partial charge in [0.05, 0.1) is 18.3 Å². The van der Waals surface area contributed by atoms with Crippen LogP contribution in [0.3, 0.4) is 0 Å². The number of hydrogen-bond acceptors (Lipinski definition) is 2. The van der Waals surface area contributed by atoms with Gasteiger partial charge in [0.15, 0.2) is 0 Å². The van der Waals surface area contributed by atoms with Crippen LogP contribution < -0.4 is 0 Å². The van der Waals surface area contributed by atoms with Crippen molar-refractivity contribution >= 4 is 0 Å². The van der Waals surface area contributed by atoms with Crippen molar-refractivity contribution in [1.29, 1.82) is 0 Å². The fourth-order valence-corrected chi connectivity index (χ4v) is 1.24. The van der Waals surface area contributed by atoms with Crippen molar-refractivity contribution in [1.82, 2.24) is 0 Å². The lowest BCUT2D eigenvalue weighted by Crippen LogP contribution is -2.23. The van der Waals surface area contributed by atoms with E-state index in [2.05, 4.69) is 6.58 Å². The minimum atomic E-state index is -0.482. The molecule has 1 heterocycles. The number of rotatable bonds is 2.